The second kappa shape index (κ2) is 5.61. The summed E-state index contributed by atoms with van der Waals surface area (Å²) in [6.07, 6.45) is 0. The van der Waals surface area contributed by atoms with E-state index in [1.807, 2.05) is 24.3 Å². The van der Waals surface area contributed by atoms with Crippen LogP contribution in [0, 0.1) is 0 Å². The summed E-state index contributed by atoms with van der Waals surface area (Å²) in [5, 5.41) is 16.6. The van der Waals surface area contributed by atoms with Crippen LogP contribution in [0.4, 0.5) is 0 Å². The number of benzene rings is 2. The predicted molar refractivity (Wildman–Crippen MR) is 76.6 cm³/mol. The Hall–Kier alpha value is -2.56. The molecule has 0 aliphatic carbocycles. The molecule has 104 valence electrons. The molecule has 5 heteroatoms. The standard InChI is InChI=1S/C15H16N2O3/c1-9(14(19)16-2)17-15(20)12-7-10-5-3-4-6-11(10)8-13(12)18/h3-9,18H,1-2H3,(H,16,19)(H,17,20). The first kappa shape index (κ1) is 13.9. The molecular formula is C15H16N2O3. The van der Waals surface area contributed by atoms with Crippen LogP contribution in [0.5, 0.6) is 5.75 Å². The van der Waals surface area contributed by atoms with Gasteiger partial charge < -0.3 is 15.7 Å². The third kappa shape index (κ3) is 2.71. The summed E-state index contributed by atoms with van der Waals surface area (Å²) in [4.78, 5) is 23.5. The fourth-order valence-corrected chi connectivity index (χ4v) is 1.97. The van der Waals surface area contributed by atoms with E-state index in [0.29, 0.717) is 0 Å². The summed E-state index contributed by atoms with van der Waals surface area (Å²) in [5.74, 6) is -0.881. The van der Waals surface area contributed by atoms with Crippen LogP contribution in [0.3, 0.4) is 0 Å². The zero-order valence-corrected chi connectivity index (χ0v) is 11.3. The van der Waals surface area contributed by atoms with Gasteiger partial charge in [-0.3, -0.25) is 9.59 Å². The third-order valence-electron chi connectivity index (χ3n) is 3.10. The summed E-state index contributed by atoms with van der Waals surface area (Å²) >= 11 is 0. The lowest BCUT2D eigenvalue weighted by Gasteiger charge is -2.13. The van der Waals surface area contributed by atoms with Gasteiger partial charge in [-0.25, -0.2) is 0 Å². The highest BCUT2D eigenvalue weighted by molar-refractivity contribution is 6.03. The third-order valence-corrected chi connectivity index (χ3v) is 3.10. The topological polar surface area (TPSA) is 78.4 Å². The van der Waals surface area contributed by atoms with E-state index >= 15 is 0 Å². The highest BCUT2D eigenvalue weighted by atomic mass is 16.3. The first-order chi connectivity index (χ1) is 9.52. The number of nitrogens with one attached hydrogen (secondary N) is 2. The molecule has 0 aromatic heterocycles. The zero-order valence-electron chi connectivity index (χ0n) is 11.3. The van der Waals surface area contributed by atoms with Gasteiger partial charge in [-0.05, 0) is 29.8 Å². The van der Waals surface area contributed by atoms with Crippen LogP contribution in [-0.4, -0.2) is 30.0 Å². The van der Waals surface area contributed by atoms with Crippen LogP contribution in [0.2, 0.25) is 0 Å². The van der Waals surface area contributed by atoms with E-state index in [1.54, 1.807) is 13.0 Å². The normalized spacial score (nSPS) is 11.9. The second-order valence-corrected chi connectivity index (χ2v) is 4.53. The molecule has 5 nitrogen and oxygen atoms in total. The van der Waals surface area contributed by atoms with Gasteiger partial charge in [0.25, 0.3) is 5.91 Å². The van der Waals surface area contributed by atoms with E-state index in [0.717, 1.165) is 10.8 Å². The number of phenols is 1. The molecule has 2 amide bonds. The number of carbonyl (C=O) groups excluding carboxylic acids is 2. The van der Waals surface area contributed by atoms with E-state index in [4.69, 9.17) is 0 Å². The van der Waals surface area contributed by atoms with E-state index in [1.165, 1.54) is 13.1 Å². The lowest BCUT2D eigenvalue weighted by atomic mass is 10.1. The van der Waals surface area contributed by atoms with E-state index in [-0.39, 0.29) is 17.2 Å². The van der Waals surface area contributed by atoms with Crippen LogP contribution < -0.4 is 10.6 Å². The molecule has 0 bridgehead atoms. The SMILES string of the molecule is CNC(=O)C(C)NC(=O)c1cc2ccccc2cc1O. The first-order valence-corrected chi connectivity index (χ1v) is 6.27. The molecule has 0 aliphatic rings. The molecule has 1 unspecified atom stereocenters. The molecule has 2 aromatic rings. The Labute approximate surface area is 116 Å². The monoisotopic (exact) mass is 272 g/mol. The van der Waals surface area contributed by atoms with Crippen molar-refractivity contribution in [1.82, 2.24) is 10.6 Å². The summed E-state index contributed by atoms with van der Waals surface area (Å²) < 4.78 is 0. The molecular weight excluding hydrogens is 256 g/mol. The fraction of sp³-hybridized carbons (Fsp3) is 0.200. The Morgan fingerprint density at radius 1 is 1.15 bits per heavy atom. The van der Waals surface area contributed by atoms with Gasteiger partial charge in [0.15, 0.2) is 0 Å². The minimum Gasteiger partial charge on any atom is -0.507 e. The van der Waals surface area contributed by atoms with E-state index in [2.05, 4.69) is 10.6 Å². The van der Waals surface area contributed by atoms with Gasteiger partial charge in [-0.2, -0.15) is 0 Å². The largest absolute Gasteiger partial charge is 0.507 e. The number of aromatic hydroxyl groups is 1. The van der Waals surface area contributed by atoms with Gasteiger partial charge >= 0.3 is 0 Å². The van der Waals surface area contributed by atoms with Crippen LogP contribution in [0.15, 0.2) is 36.4 Å². The molecule has 0 saturated heterocycles. The minimum atomic E-state index is -0.668. The maximum atomic E-state index is 12.1. The quantitative estimate of drug-likeness (QED) is 0.790. The minimum absolute atomic E-state index is 0.106. The number of hydrogen-bond donors (Lipinski definition) is 3. The highest BCUT2D eigenvalue weighted by Crippen LogP contribution is 2.24. The first-order valence-electron chi connectivity index (χ1n) is 6.27. The molecule has 0 radical (unpaired) electrons. The van der Waals surface area contributed by atoms with Gasteiger partial charge in [0, 0.05) is 7.05 Å². The van der Waals surface area contributed by atoms with Gasteiger partial charge in [-0.1, -0.05) is 24.3 Å². The van der Waals surface area contributed by atoms with Crippen molar-refractivity contribution in [3.8, 4) is 5.75 Å². The number of fused-ring (bicyclic) bond motifs is 1. The molecule has 2 aromatic carbocycles. The smallest absolute Gasteiger partial charge is 0.255 e. The van der Waals surface area contributed by atoms with Crippen molar-refractivity contribution in [2.75, 3.05) is 7.05 Å². The molecule has 3 N–H and O–H groups in total. The Morgan fingerprint density at radius 3 is 2.35 bits per heavy atom. The van der Waals surface area contributed by atoms with Gasteiger partial charge in [0.2, 0.25) is 5.91 Å². The van der Waals surface area contributed by atoms with Crippen LogP contribution in [0.25, 0.3) is 10.8 Å². The van der Waals surface area contributed by atoms with E-state index in [9.17, 15) is 14.7 Å². The molecule has 0 heterocycles. The van der Waals surface area contributed by atoms with Crippen molar-refractivity contribution in [1.29, 1.82) is 0 Å². The number of carbonyl (C=O) groups is 2. The predicted octanol–water partition coefficient (Wildman–Crippen LogP) is 1.41. The lowest BCUT2D eigenvalue weighted by molar-refractivity contribution is -0.122. The lowest BCUT2D eigenvalue weighted by Crippen LogP contribution is -2.43. The number of likely N-dealkylation sites (N-methyl/N-ethyl adjacent to an activating group) is 1. The Kier molecular flexibility index (Phi) is 3.89. The number of amides is 2. The molecule has 1 atom stereocenters. The summed E-state index contributed by atoms with van der Waals surface area (Å²) in [7, 11) is 1.50. The second-order valence-electron chi connectivity index (χ2n) is 4.53. The molecule has 0 fully saturated rings. The van der Waals surface area contributed by atoms with E-state index < -0.39 is 11.9 Å². The maximum absolute atomic E-state index is 12.1. The average molecular weight is 272 g/mol. The molecule has 2 rings (SSSR count). The summed E-state index contributed by atoms with van der Waals surface area (Å²) in [6.45, 7) is 1.58. The number of phenolic OH excluding ortho intramolecular Hbond substituents is 1. The molecule has 0 saturated carbocycles. The van der Waals surface area contributed by atoms with Crippen LogP contribution in [-0.2, 0) is 4.79 Å². The van der Waals surface area contributed by atoms with Crippen molar-refractivity contribution < 1.29 is 14.7 Å². The Balaban J connectivity index is 2.30. The fourth-order valence-electron chi connectivity index (χ4n) is 1.97. The maximum Gasteiger partial charge on any atom is 0.255 e. The van der Waals surface area contributed by atoms with Gasteiger partial charge in [0.1, 0.15) is 11.8 Å². The zero-order chi connectivity index (χ0) is 14.7. The van der Waals surface area contributed by atoms with Crippen molar-refractivity contribution in [3.63, 3.8) is 0 Å². The van der Waals surface area contributed by atoms with Crippen LogP contribution in [0.1, 0.15) is 17.3 Å². The Morgan fingerprint density at radius 2 is 1.75 bits per heavy atom. The molecule has 0 aliphatic heterocycles. The summed E-state index contributed by atoms with van der Waals surface area (Å²) in [6, 6.07) is 9.89. The van der Waals surface area contributed by atoms with Gasteiger partial charge in [0.05, 0.1) is 5.56 Å². The molecule has 0 spiro atoms. The Bertz CT molecular complexity index is 667. The average Bonchev–Trinajstić information content (AvgIpc) is 2.45. The summed E-state index contributed by atoms with van der Waals surface area (Å²) in [5.41, 5.74) is 0.152. The highest BCUT2D eigenvalue weighted by Gasteiger charge is 2.18. The van der Waals surface area contributed by atoms with Crippen molar-refractivity contribution in [2.45, 2.75) is 13.0 Å². The molecule has 20 heavy (non-hydrogen) atoms. The van der Waals surface area contributed by atoms with Crippen molar-refractivity contribution >= 4 is 22.6 Å². The number of rotatable bonds is 3. The van der Waals surface area contributed by atoms with Crippen molar-refractivity contribution in [3.05, 3.63) is 42.0 Å². The van der Waals surface area contributed by atoms with Crippen LogP contribution >= 0.6 is 0 Å². The van der Waals surface area contributed by atoms with Gasteiger partial charge in [-0.15, -0.1) is 0 Å². The van der Waals surface area contributed by atoms with Crippen molar-refractivity contribution in [2.24, 2.45) is 0 Å². The number of hydrogen-bond acceptors (Lipinski definition) is 3.